The maximum absolute atomic E-state index is 12.0. The first-order valence-corrected chi connectivity index (χ1v) is 6.56. The molecule has 1 heterocycles. The Morgan fingerprint density at radius 2 is 2.00 bits per heavy atom. The van der Waals surface area contributed by atoms with Crippen molar-refractivity contribution >= 4 is 29.6 Å². The summed E-state index contributed by atoms with van der Waals surface area (Å²) in [6.45, 7) is 3.73. The van der Waals surface area contributed by atoms with Gasteiger partial charge in [0.05, 0.1) is 5.97 Å². The highest BCUT2D eigenvalue weighted by Gasteiger charge is 2.38. The molecule has 0 bridgehead atoms. The number of hydrogen-bond acceptors (Lipinski definition) is 6. The third kappa shape index (κ3) is 3.39. The Bertz CT molecular complexity index is 614. The van der Waals surface area contributed by atoms with Crippen LogP contribution in [0.2, 0.25) is 0 Å². The molecule has 0 aliphatic heterocycles. The third-order valence-corrected chi connectivity index (χ3v) is 3.35. The van der Waals surface area contributed by atoms with Crippen molar-refractivity contribution in [2.75, 3.05) is 0 Å². The SMILES string of the molecule is CC1(C)CC(=O)C(C=Nc2ncccc2C(=O)[O-])C(=O)C1. The summed E-state index contributed by atoms with van der Waals surface area (Å²) >= 11 is 0. The van der Waals surface area contributed by atoms with Crippen molar-refractivity contribution in [1.29, 1.82) is 0 Å². The van der Waals surface area contributed by atoms with Crippen LogP contribution >= 0.6 is 0 Å². The van der Waals surface area contributed by atoms with Crippen LogP contribution in [0.5, 0.6) is 0 Å². The van der Waals surface area contributed by atoms with Crippen molar-refractivity contribution in [2.45, 2.75) is 26.7 Å². The van der Waals surface area contributed by atoms with Gasteiger partial charge >= 0.3 is 0 Å². The second-order valence-electron chi connectivity index (χ2n) is 5.87. The van der Waals surface area contributed by atoms with Crippen LogP contribution in [0, 0.1) is 11.3 Å². The van der Waals surface area contributed by atoms with Gasteiger partial charge in [-0.15, -0.1) is 0 Å². The molecule has 0 spiro atoms. The van der Waals surface area contributed by atoms with E-state index in [1.807, 2.05) is 13.8 Å². The second kappa shape index (κ2) is 5.55. The van der Waals surface area contributed by atoms with E-state index in [4.69, 9.17) is 0 Å². The van der Waals surface area contributed by atoms with Gasteiger partial charge in [-0.05, 0) is 17.5 Å². The topological polar surface area (TPSA) is 99.5 Å². The number of carbonyl (C=O) groups is 3. The van der Waals surface area contributed by atoms with E-state index in [1.54, 1.807) is 0 Å². The van der Waals surface area contributed by atoms with E-state index >= 15 is 0 Å². The first kappa shape index (κ1) is 15.0. The minimum absolute atomic E-state index is 0.0667. The van der Waals surface area contributed by atoms with Gasteiger partial charge in [-0.25, -0.2) is 9.98 Å². The van der Waals surface area contributed by atoms with E-state index in [2.05, 4.69) is 9.98 Å². The summed E-state index contributed by atoms with van der Waals surface area (Å²) < 4.78 is 0. The first-order chi connectivity index (χ1) is 9.80. The summed E-state index contributed by atoms with van der Waals surface area (Å²) in [7, 11) is 0. The second-order valence-corrected chi connectivity index (χ2v) is 5.87. The molecule has 21 heavy (non-hydrogen) atoms. The fourth-order valence-electron chi connectivity index (χ4n) is 2.38. The number of ketones is 2. The van der Waals surface area contributed by atoms with Crippen molar-refractivity contribution < 1.29 is 19.5 Å². The van der Waals surface area contributed by atoms with E-state index in [9.17, 15) is 19.5 Å². The number of aromatic nitrogens is 1. The van der Waals surface area contributed by atoms with Gasteiger partial charge in [0.25, 0.3) is 0 Å². The normalized spacial score (nSPS) is 19.1. The molecule has 0 aromatic carbocycles. The summed E-state index contributed by atoms with van der Waals surface area (Å²) in [5, 5.41) is 10.9. The van der Waals surface area contributed by atoms with Gasteiger partial charge in [-0.2, -0.15) is 0 Å². The molecule has 1 saturated carbocycles. The van der Waals surface area contributed by atoms with Crippen LogP contribution in [0.4, 0.5) is 5.82 Å². The minimum Gasteiger partial charge on any atom is -0.545 e. The number of aliphatic imine (C=N–C) groups is 1. The number of carboxylic acid groups (broad SMARTS) is 1. The fraction of sp³-hybridized carbons (Fsp3) is 0.400. The Morgan fingerprint density at radius 1 is 1.38 bits per heavy atom. The summed E-state index contributed by atoms with van der Waals surface area (Å²) in [5.41, 5.74) is -0.510. The van der Waals surface area contributed by atoms with E-state index in [1.165, 1.54) is 24.5 Å². The van der Waals surface area contributed by atoms with Crippen molar-refractivity contribution in [3.05, 3.63) is 23.9 Å². The number of Topliss-reactive ketones (excluding diaryl/α,β-unsaturated/α-hetero) is 2. The molecule has 1 aromatic heterocycles. The maximum atomic E-state index is 12.0. The van der Waals surface area contributed by atoms with Gasteiger partial charge in [0, 0.05) is 30.8 Å². The zero-order chi connectivity index (χ0) is 15.6. The molecule has 2 rings (SSSR count). The number of pyridine rings is 1. The largest absolute Gasteiger partial charge is 0.545 e. The first-order valence-electron chi connectivity index (χ1n) is 6.56. The number of nitrogens with zero attached hydrogens (tertiary/aromatic N) is 2. The molecule has 1 aliphatic carbocycles. The Labute approximate surface area is 121 Å². The Balaban J connectivity index is 2.24. The molecule has 110 valence electrons. The van der Waals surface area contributed by atoms with Gasteiger partial charge in [-0.3, -0.25) is 9.59 Å². The zero-order valence-electron chi connectivity index (χ0n) is 11.8. The maximum Gasteiger partial charge on any atom is 0.160 e. The lowest BCUT2D eigenvalue weighted by atomic mass is 9.72. The predicted molar refractivity (Wildman–Crippen MR) is 73.2 cm³/mol. The lowest BCUT2D eigenvalue weighted by Gasteiger charge is -2.30. The number of rotatable bonds is 3. The molecule has 6 heteroatoms. The molecule has 0 amide bonds. The van der Waals surface area contributed by atoms with Gasteiger partial charge in [-0.1, -0.05) is 13.8 Å². The summed E-state index contributed by atoms with van der Waals surface area (Å²) in [4.78, 5) is 42.6. The molecule has 6 nitrogen and oxygen atoms in total. The van der Waals surface area contributed by atoms with E-state index in [0.717, 1.165) is 0 Å². The Hall–Kier alpha value is -2.37. The van der Waals surface area contributed by atoms with Crippen LogP contribution < -0.4 is 5.11 Å². The predicted octanol–water partition coefficient (Wildman–Crippen LogP) is 0.722. The van der Waals surface area contributed by atoms with Crippen molar-refractivity contribution in [1.82, 2.24) is 4.98 Å². The molecule has 0 N–H and O–H groups in total. The average molecular weight is 287 g/mol. The van der Waals surface area contributed by atoms with Gasteiger partial charge < -0.3 is 9.90 Å². The molecular formula is C15H15N2O4-. The third-order valence-electron chi connectivity index (χ3n) is 3.35. The molecular weight excluding hydrogens is 272 g/mol. The Kier molecular flexibility index (Phi) is 3.97. The van der Waals surface area contributed by atoms with E-state index in [-0.39, 0.29) is 28.4 Å². The van der Waals surface area contributed by atoms with Crippen molar-refractivity contribution in [3.63, 3.8) is 0 Å². The lowest BCUT2D eigenvalue weighted by molar-refractivity contribution is -0.254. The van der Waals surface area contributed by atoms with Crippen molar-refractivity contribution in [2.24, 2.45) is 16.3 Å². The monoisotopic (exact) mass is 287 g/mol. The quantitative estimate of drug-likeness (QED) is 0.602. The summed E-state index contributed by atoms with van der Waals surface area (Å²) in [6, 6.07) is 2.76. The van der Waals surface area contributed by atoms with Crippen LogP contribution in [0.25, 0.3) is 0 Å². The van der Waals surface area contributed by atoms with Crippen LogP contribution in [0.1, 0.15) is 37.0 Å². The molecule has 1 aliphatic rings. The fourth-order valence-corrected chi connectivity index (χ4v) is 2.38. The lowest BCUT2D eigenvalue weighted by Crippen LogP contribution is -2.38. The van der Waals surface area contributed by atoms with Gasteiger partial charge in [0.15, 0.2) is 5.82 Å². The highest BCUT2D eigenvalue weighted by Crippen LogP contribution is 2.33. The van der Waals surface area contributed by atoms with E-state index in [0.29, 0.717) is 12.8 Å². The number of aromatic carboxylic acids is 1. The molecule has 0 saturated heterocycles. The average Bonchev–Trinajstić information content (AvgIpc) is 2.36. The Morgan fingerprint density at radius 3 is 2.57 bits per heavy atom. The molecule has 0 radical (unpaired) electrons. The smallest absolute Gasteiger partial charge is 0.160 e. The number of carbonyl (C=O) groups excluding carboxylic acids is 3. The summed E-state index contributed by atoms with van der Waals surface area (Å²) in [6.07, 6.45) is 3.16. The molecule has 0 atom stereocenters. The molecule has 1 fully saturated rings. The van der Waals surface area contributed by atoms with Crippen LogP contribution in [-0.4, -0.2) is 28.7 Å². The van der Waals surface area contributed by atoms with Crippen LogP contribution in [-0.2, 0) is 9.59 Å². The highest BCUT2D eigenvalue weighted by molar-refractivity contribution is 6.16. The number of carboxylic acids is 1. The van der Waals surface area contributed by atoms with Crippen LogP contribution in [0.3, 0.4) is 0 Å². The van der Waals surface area contributed by atoms with Gasteiger partial charge in [0.2, 0.25) is 0 Å². The molecule has 1 aromatic rings. The van der Waals surface area contributed by atoms with Crippen LogP contribution in [0.15, 0.2) is 23.3 Å². The summed E-state index contributed by atoms with van der Waals surface area (Å²) in [5.74, 6) is -2.80. The molecule has 0 unspecified atom stereocenters. The van der Waals surface area contributed by atoms with Crippen molar-refractivity contribution in [3.8, 4) is 0 Å². The standard InChI is InChI=1S/C15H16N2O4/c1-15(2)6-11(18)10(12(19)7-15)8-17-13-9(14(20)21)4-3-5-16-13/h3-5,8,10H,6-7H2,1-2H3,(H,20,21)/p-1. The van der Waals surface area contributed by atoms with E-state index < -0.39 is 11.9 Å². The minimum atomic E-state index is -1.40. The number of hydrogen-bond donors (Lipinski definition) is 0. The highest BCUT2D eigenvalue weighted by atomic mass is 16.4. The zero-order valence-corrected chi connectivity index (χ0v) is 11.8. The van der Waals surface area contributed by atoms with Gasteiger partial charge in [0.1, 0.15) is 17.5 Å².